The molecule has 1 saturated carbocycles. The van der Waals surface area contributed by atoms with Crippen molar-refractivity contribution in [3.8, 4) is 0 Å². The summed E-state index contributed by atoms with van der Waals surface area (Å²) in [6.45, 7) is 0. The van der Waals surface area contributed by atoms with Gasteiger partial charge in [0.25, 0.3) is 0 Å². The lowest BCUT2D eigenvalue weighted by Gasteiger charge is -2.39. The highest BCUT2D eigenvalue weighted by atomic mass is 35.5. The predicted molar refractivity (Wildman–Crippen MR) is 75.7 cm³/mol. The number of carbonyl (C=O) groups is 1. The molecule has 19 heavy (non-hydrogen) atoms. The fourth-order valence-electron chi connectivity index (χ4n) is 4.08. The second-order valence-electron chi connectivity index (χ2n) is 5.84. The summed E-state index contributed by atoms with van der Waals surface area (Å²) in [5, 5.41) is 9.63. The number of fused-ring (bicyclic) bond motifs is 1. The van der Waals surface area contributed by atoms with Gasteiger partial charge < -0.3 is 5.11 Å². The van der Waals surface area contributed by atoms with Gasteiger partial charge in [-0.2, -0.15) is 0 Å². The van der Waals surface area contributed by atoms with Gasteiger partial charge >= 0.3 is 5.97 Å². The van der Waals surface area contributed by atoms with Gasteiger partial charge in [0.05, 0.1) is 5.38 Å². The lowest BCUT2D eigenvalue weighted by molar-refractivity contribution is -0.146. The number of aliphatic carboxylic acids is 1. The summed E-state index contributed by atoms with van der Waals surface area (Å²) in [5.41, 5.74) is 1.23. The molecular weight excluding hydrogens is 260 g/mol. The van der Waals surface area contributed by atoms with Crippen LogP contribution in [0.4, 0.5) is 0 Å². The molecule has 0 saturated heterocycles. The van der Waals surface area contributed by atoms with E-state index in [1.165, 1.54) is 6.42 Å². The van der Waals surface area contributed by atoms with Crippen molar-refractivity contribution in [2.75, 3.05) is 0 Å². The SMILES string of the molecule is O=C(O)C1(C2CCCCC2)c2ccccc2CC1Cl. The van der Waals surface area contributed by atoms with E-state index in [2.05, 4.69) is 0 Å². The van der Waals surface area contributed by atoms with Gasteiger partial charge in [0.15, 0.2) is 0 Å². The summed E-state index contributed by atoms with van der Waals surface area (Å²) in [7, 11) is 0. The van der Waals surface area contributed by atoms with E-state index in [-0.39, 0.29) is 11.3 Å². The number of benzene rings is 1. The molecule has 2 nitrogen and oxygen atoms in total. The Morgan fingerprint density at radius 2 is 1.89 bits per heavy atom. The van der Waals surface area contributed by atoms with Crippen LogP contribution >= 0.6 is 11.6 Å². The fourth-order valence-corrected chi connectivity index (χ4v) is 4.64. The lowest BCUT2D eigenvalue weighted by Crippen LogP contribution is -2.48. The smallest absolute Gasteiger partial charge is 0.315 e. The average molecular weight is 279 g/mol. The maximum absolute atomic E-state index is 12.1. The molecule has 3 rings (SSSR count). The molecule has 0 aliphatic heterocycles. The Morgan fingerprint density at radius 1 is 1.21 bits per heavy atom. The number of halogens is 1. The third kappa shape index (κ3) is 1.80. The normalized spacial score (nSPS) is 31.1. The van der Waals surface area contributed by atoms with Crippen molar-refractivity contribution < 1.29 is 9.90 Å². The molecular formula is C16H19ClO2. The molecule has 2 atom stereocenters. The molecule has 102 valence electrons. The van der Waals surface area contributed by atoms with Crippen LogP contribution in [0, 0.1) is 5.92 Å². The Morgan fingerprint density at radius 3 is 2.58 bits per heavy atom. The second kappa shape index (κ2) is 4.82. The highest BCUT2D eigenvalue weighted by Crippen LogP contribution is 2.51. The Hall–Kier alpha value is -1.02. The van der Waals surface area contributed by atoms with Crippen molar-refractivity contribution in [2.24, 2.45) is 5.92 Å². The van der Waals surface area contributed by atoms with Crippen molar-refractivity contribution in [1.29, 1.82) is 0 Å². The van der Waals surface area contributed by atoms with E-state index in [9.17, 15) is 9.90 Å². The first-order valence-corrected chi connectivity index (χ1v) is 7.57. The van der Waals surface area contributed by atoms with E-state index in [1.807, 2.05) is 24.3 Å². The monoisotopic (exact) mass is 278 g/mol. The summed E-state index contributed by atoms with van der Waals surface area (Å²) in [5.74, 6) is -0.547. The second-order valence-corrected chi connectivity index (χ2v) is 6.36. The molecule has 0 bridgehead atoms. The van der Waals surface area contributed by atoms with Gasteiger partial charge in [-0.1, -0.05) is 43.5 Å². The van der Waals surface area contributed by atoms with Crippen LogP contribution in [0.3, 0.4) is 0 Å². The van der Waals surface area contributed by atoms with E-state index < -0.39 is 11.4 Å². The molecule has 0 heterocycles. The zero-order valence-electron chi connectivity index (χ0n) is 10.9. The number of alkyl halides is 1. The summed E-state index contributed by atoms with van der Waals surface area (Å²) < 4.78 is 0. The Bertz CT molecular complexity index is 493. The molecule has 1 aromatic rings. The number of hydrogen-bond donors (Lipinski definition) is 1. The zero-order valence-corrected chi connectivity index (χ0v) is 11.7. The topological polar surface area (TPSA) is 37.3 Å². The Kier molecular flexibility index (Phi) is 3.30. The van der Waals surface area contributed by atoms with Crippen molar-refractivity contribution in [3.05, 3.63) is 35.4 Å². The van der Waals surface area contributed by atoms with Gasteiger partial charge in [0.2, 0.25) is 0 Å². The van der Waals surface area contributed by atoms with E-state index in [1.54, 1.807) is 0 Å². The third-order valence-corrected chi connectivity index (χ3v) is 5.46. The van der Waals surface area contributed by atoms with Crippen molar-refractivity contribution in [2.45, 2.75) is 49.3 Å². The van der Waals surface area contributed by atoms with E-state index in [4.69, 9.17) is 11.6 Å². The van der Waals surface area contributed by atoms with Crippen LogP contribution in [0.2, 0.25) is 0 Å². The van der Waals surface area contributed by atoms with Crippen LogP contribution in [-0.4, -0.2) is 16.5 Å². The Balaban J connectivity index is 2.12. The molecule has 1 fully saturated rings. The molecule has 0 amide bonds. The molecule has 2 aliphatic rings. The predicted octanol–water partition coefficient (Wildman–Crippen LogP) is 3.75. The maximum Gasteiger partial charge on any atom is 0.315 e. The fraction of sp³-hybridized carbons (Fsp3) is 0.562. The van der Waals surface area contributed by atoms with Crippen molar-refractivity contribution >= 4 is 17.6 Å². The van der Waals surface area contributed by atoms with Crippen LogP contribution in [0.1, 0.15) is 43.2 Å². The first kappa shape index (κ1) is 13.0. The minimum atomic E-state index is -0.863. The highest BCUT2D eigenvalue weighted by molar-refractivity contribution is 6.24. The molecule has 1 aromatic carbocycles. The summed E-state index contributed by atoms with van der Waals surface area (Å²) in [4.78, 5) is 12.1. The summed E-state index contributed by atoms with van der Waals surface area (Å²) in [6.07, 6.45) is 6.14. The summed E-state index contributed by atoms with van der Waals surface area (Å²) >= 11 is 6.55. The molecule has 0 spiro atoms. The third-order valence-electron chi connectivity index (χ3n) is 4.96. The van der Waals surface area contributed by atoms with Gasteiger partial charge in [0.1, 0.15) is 5.41 Å². The van der Waals surface area contributed by atoms with Crippen LogP contribution in [0.5, 0.6) is 0 Å². The minimum absolute atomic E-state index is 0.185. The van der Waals surface area contributed by atoms with Gasteiger partial charge in [-0.05, 0) is 36.3 Å². The van der Waals surface area contributed by atoms with E-state index >= 15 is 0 Å². The largest absolute Gasteiger partial charge is 0.481 e. The zero-order chi connectivity index (χ0) is 13.5. The molecule has 3 heteroatoms. The van der Waals surface area contributed by atoms with Crippen molar-refractivity contribution in [1.82, 2.24) is 0 Å². The van der Waals surface area contributed by atoms with Gasteiger partial charge in [-0.25, -0.2) is 0 Å². The average Bonchev–Trinajstić information content (AvgIpc) is 2.72. The molecule has 2 aliphatic carbocycles. The first-order valence-electron chi connectivity index (χ1n) is 7.13. The molecule has 1 N–H and O–H groups in total. The maximum atomic E-state index is 12.1. The van der Waals surface area contributed by atoms with E-state index in [0.29, 0.717) is 6.42 Å². The van der Waals surface area contributed by atoms with E-state index in [0.717, 1.165) is 36.8 Å². The standard InChI is InChI=1S/C16H19ClO2/c17-14-10-11-6-4-5-9-13(11)16(14,15(18)19)12-7-2-1-3-8-12/h4-6,9,12,14H,1-3,7-8,10H2,(H,18,19). The summed E-state index contributed by atoms with van der Waals surface area (Å²) in [6, 6.07) is 7.91. The molecule has 2 unspecified atom stereocenters. The first-order chi connectivity index (χ1) is 9.17. The molecule has 0 radical (unpaired) electrons. The quantitative estimate of drug-likeness (QED) is 0.837. The number of carboxylic acid groups (broad SMARTS) is 1. The van der Waals surface area contributed by atoms with Crippen molar-refractivity contribution in [3.63, 3.8) is 0 Å². The van der Waals surface area contributed by atoms with Gasteiger partial charge in [0, 0.05) is 0 Å². The van der Waals surface area contributed by atoms with Crippen LogP contribution in [-0.2, 0) is 16.6 Å². The number of carboxylic acids is 1. The minimum Gasteiger partial charge on any atom is -0.481 e. The lowest BCUT2D eigenvalue weighted by atomic mass is 9.65. The number of rotatable bonds is 2. The van der Waals surface area contributed by atoms with Gasteiger partial charge in [-0.3, -0.25) is 4.79 Å². The van der Waals surface area contributed by atoms with Crippen LogP contribution < -0.4 is 0 Å². The van der Waals surface area contributed by atoms with Crippen LogP contribution in [0.15, 0.2) is 24.3 Å². The highest BCUT2D eigenvalue weighted by Gasteiger charge is 2.56. The van der Waals surface area contributed by atoms with Gasteiger partial charge in [-0.15, -0.1) is 11.6 Å². The van der Waals surface area contributed by atoms with Crippen LogP contribution in [0.25, 0.3) is 0 Å². The number of hydrogen-bond acceptors (Lipinski definition) is 1. The Labute approximate surface area is 118 Å². The molecule has 0 aromatic heterocycles.